The molecule has 0 spiro atoms. The predicted molar refractivity (Wildman–Crippen MR) is 88.7 cm³/mol. The van der Waals surface area contributed by atoms with Crippen LogP contribution >= 0.6 is 0 Å². The van der Waals surface area contributed by atoms with Crippen LogP contribution in [0, 0.1) is 0 Å². The number of anilines is 1. The third kappa shape index (κ3) is 4.80. The highest BCUT2D eigenvalue weighted by atomic mass is 28.4. The van der Waals surface area contributed by atoms with Gasteiger partial charge in [0.25, 0.3) is 8.32 Å². The minimum absolute atomic E-state index is 0.0667. The van der Waals surface area contributed by atoms with E-state index < -0.39 is 32.3 Å². The number of amides is 1. The van der Waals surface area contributed by atoms with Crippen LogP contribution in [0.15, 0.2) is 24.3 Å². The Balaban J connectivity index is 2.99. The lowest BCUT2D eigenvalue weighted by molar-refractivity contribution is -0.267. The lowest BCUT2D eigenvalue weighted by Gasteiger charge is -2.35. The minimum Gasteiger partial charge on any atom is -0.516 e. The van der Waals surface area contributed by atoms with Crippen molar-refractivity contribution in [3.05, 3.63) is 29.8 Å². The van der Waals surface area contributed by atoms with E-state index in [0.29, 0.717) is 0 Å². The van der Waals surface area contributed by atoms with Crippen LogP contribution in [-0.4, -0.2) is 32.3 Å². The van der Waals surface area contributed by atoms with Gasteiger partial charge in [-0.3, -0.25) is 4.79 Å². The van der Waals surface area contributed by atoms with Crippen molar-refractivity contribution in [2.24, 2.45) is 0 Å². The van der Waals surface area contributed by atoms with Crippen molar-refractivity contribution in [2.45, 2.75) is 51.0 Å². The van der Waals surface area contributed by atoms with Crippen molar-refractivity contribution in [3.8, 4) is 0 Å². The first-order valence-electron chi connectivity index (χ1n) is 7.58. The molecule has 0 atom stereocenters. The Morgan fingerprint density at radius 3 is 2.04 bits per heavy atom. The van der Waals surface area contributed by atoms with Gasteiger partial charge in [0.05, 0.1) is 5.56 Å². The van der Waals surface area contributed by atoms with Crippen LogP contribution in [0.1, 0.15) is 31.1 Å². The number of rotatable bonds is 4. The molecule has 1 amide bonds. The molecule has 0 unspecified atom stereocenters. The maximum Gasteiger partial charge on any atom is 0.463 e. The first-order valence-corrected chi connectivity index (χ1v) is 10.5. The zero-order valence-corrected chi connectivity index (χ0v) is 15.9. The molecule has 0 aromatic heterocycles. The lowest BCUT2D eigenvalue weighted by Crippen LogP contribution is -2.47. The first kappa shape index (κ1) is 22.1. The SMILES string of the molecule is CC(C)(C)[Si](C)(C)OC(=O)c1cccc(NC(=O)C(F)(F)C(F)(F)F)c1. The van der Waals surface area contributed by atoms with Gasteiger partial charge in [-0.2, -0.15) is 22.0 Å². The average molecular weight is 397 g/mol. The maximum atomic E-state index is 13.0. The van der Waals surface area contributed by atoms with E-state index in [1.807, 2.05) is 33.9 Å². The fraction of sp³-hybridized carbons (Fsp3) is 0.500. The molecule has 10 heteroatoms. The van der Waals surface area contributed by atoms with E-state index in [9.17, 15) is 31.5 Å². The molecule has 0 aliphatic heterocycles. The Hall–Kier alpha value is -1.97. The van der Waals surface area contributed by atoms with Crippen LogP contribution < -0.4 is 5.32 Å². The molecule has 1 aromatic rings. The Bertz CT molecular complexity index is 696. The van der Waals surface area contributed by atoms with E-state index in [1.165, 1.54) is 17.4 Å². The summed E-state index contributed by atoms with van der Waals surface area (Å²) in [6.45, 7) is 9.36. The monoisotopic (exact) mass is 397 g/mol. The number of alkyl halides is 5. The Morgan fingerprint density at radius 2 is 1.58 bits per heavy atom. The molecule has 4 nitrogen and oxygen atoms in total. The predicted octanol–water partition coefficient (Wildman–Crippen LogP) is 4.98. The van der Waals surface area contributed by atoms with Gasteiger partial charge < -0.3 is 9.74 Å². The highest BCUT2D eigenvalue weighted by Gasteiger charge is 2.63. The Morgan fingerprint density at radius 1 is 1.04 bits per heavy atom. The second-order valence-electron chi connectivity index (χ2n) is 7.26. The first-order chi connectivity index (χ1) is 11.5. The number of carbonyl (C=O) groups is 2. The summed E-state index contributed by atoms with van der Waals surface area (Å²) in [5.74, 6) is -8.82. The van der Waals surface area contributed by atoms with Crippen LogP contribution in [0.3, 0.4) is 0 Å². The van der Waals surface area contributed by atoms with Gasteiger partial charge in [0, 0.05) is 5.69 Å². The van der Waals surface area contributed by atoms with Crippen LogP contribution in [0.4, 0.5) is 27.6 Å². The van der Waals surface area contributed by atoms with Crippen molar-refractivity contribution < 1.29 is 36.0 Å². The quantitative estimate of drug-likeness (QED) is 0.576. The highest BCUT2D eigenvalue weighted by molar-refractivity contribution is 6.75. The van der Waals surface area contributed by atoms with E-state index in [0.717, 1.165) is 12.1 Å². The summed E-state index contributed by atoms with van der Waals surface area (Å²) in [7, 11) is -2.46. The van der Waals surface area contributed by atoms with Crippen molar-refractivity contribution >= 4 is 25.9 Å². The fourth-order valence-electron chi connectivity index (χ4n) is 1.51. The zero-order chi connectivity index (χ0) is 20.6. The Labute approximate surface area is 148 Å². The molecule has 146 valence electrons. The van der Waals surface area contributed by atoms with Gasteiger partial charge in [0.15, 0.2) is 0 Å². The van der Waals surface area contributed by atoms with Crippen molar-refractivity contribution in [1.82, 2.24) is 0 Å². The van der Waals surface area contributed by atoms with Crippen LogP contribution in [0.5, 0.6) is 0 Å². The van der Waals surface area contributed by atoms with Gasteiger partial charge in [-0.1, -0.05) is 26.8 Å². The third-order valence-electron chi connectivity index (χ3n) is 4.15. The molecule has 1 N–H and O–H groups in total. The van der Waals surface area contributed by atoms with Gasteiger partial charge in [-0.05, 0) is 36.3 Å². The summed E-state index contributed by atoms with van der Waals surface area (Å²) in [4.78, 5) is 23.5. The molecule has 0 aliphatic carbocycles. The minimum atomic E-state index is -6.02. The van der Waals surface area contributed by atoms with E-state index >= 15 is 0 Å². The standard InChI is InChI=1S/C16H20F5NO3Si/c1-14(2,3)26(4,5)25-12(23)10-7-6-8-11(9-10)22-13(24)15(17,18)16(19,20)21/h6-9H,1-5H3,(H,22,24). The van der Waals surface area contributed by atoms with Crippen LogP contribution in [0.25, 0.3) is 0 Å². The molecular weight excluding hydrogens is 377 g/mol. The van der Waals surface area contributed by atoms with Gasteiger partial charge >= 0.3 is 24.0 Å². The van der Waals surface area contributed by atoms with Gasteiger partial charge in [-0.25, -0.2) is 4.79 Å². The largest absolute Gasteiger partial charge is 0.516 e. The number of carbonyl (C=O) groups excluding carboxylic acids is 2. The summed E-state index contributed by atoms with van der Waals surface area (Å²) < 4.78 is 68.2. The highest BCUT2D eigenvalue weighted by Crippen LogP contribution is 2.38. The number of halogens is 5. The van der Waals surface area contributed by atoms with E-state index in [-0.39, 0.29) is 16.3 Å². The van der Waals surface area contributed by atoms with E-state index in [1.54, 1.807) is 0 Å². The molecule has 1 aromatic carbocycles. The maximum absolute atomic E-state index is 13.0. The van der Waals surface area contributed by atoms with Crippen molar-refractivity contribution in [2.75, 3.05) is 5.32 Å². The summed E-state index contributed by atoms with van der Waals surface area (Å²) in [5.41, 5.74) is -0.438. The van der Waals surface area contributed by atoms with Gasteiger partial charge in [0.1, 0.15) is 0 Å². The molecule has 0 heterocycles. The number of hydrogen-bond donors (Lipinski definition) is 1. The molecular formula is C16H20F5NO3Si. The smallest absolute Gasteiger partial charge is 0.463 e. The molecule has 26 heavy (non-hydrogen) atoms. The summed E-state index contributed by atoms with van der Waals surface area (Å²) in [5, 5.41) is 1.20. The topological polar surface area (TPSA) is 55.4 Å². The molecule has 0 fully saturated rings. The lowest BCUT2D eigenvalue weighted by atomic mass is 10.2. The summed E-state index contributed by atoms with van der Waals surface area (Å²) >= 11 is 0. The number of hydrogen-bond acceptors (Lipinski definition) is 3. The molecule has 0 radical (unpaired) electrons. The van der Waals surface area contributed by atoms with E-state index in [2.05, 4.69) is 0 Å². The van der Waals surface area contributed by atoms with Crippen LogP contribution in [0.2, 0.25) is 18.1 Å². The number of nitrogens with one attached hydrogen (secondary N) is 1. The average Bonchev–Trinajstić information content (AvgIpc) is 2.44. The third-order valence-corrected chi connectivity index (χ3v) is 8.46. The molecule has 0 bridgehead atoms. The molecule has 1 rings (SSSR count). The van der Waals surface area contributed by atoms with Gasteiger partial charge in [-0.15, -0.1) is 0 Å². The van der Waals surface area contributed by atoms with Crippen molar-refractivity contribution in [3.63, 3.8) is 0 Å². The number of benzene rings is 1. The van der Waals surface area contributed by atoms with Crippen LogP contribution in [-0.2, 0) is 9.22 Å². The summed E-state index contributed by atoms with van der Waals surface area (Å²) in [6, 6.07) is 4.63. The molecule has 0 saturated heterocycles. The Kier molecular flexibility index (Phi) is 5.92. The second kappa shape index (κ2) is 6.97. The van der Waals surface area contributed by atoms with Gasteiger partial charge in [0.2, 0.25) is 0 Å². The second-order valence-corrected chi connectivity index (χ2v) is 12.0. The fourth-order valence-corrected chi connectivity index (χ4v) is 2.39. The normalized spacial score (nSPS) is 13.3. The van der Waals surface area contributed by atoms with Crippen molar-refractivity contribution in [1.29, 1.82) is 0 Å². The summed E-state index contributed by atoms with van der Waals surface area (Å²) in [6.07, 6.45) is -6.02. The zero-order valence-electron chi connectivity index (χ0n) is 14.9. The van der Waals surface area contributed by atoms with E-state index in [4.69, 9.17) is 4.43 Å². The molecule has 0 aliphatic rings. The molecule has 0 saturated carbocycles.